The highest BCUT2D eigenvalue weighted by atomic mass is 79.9. The molecule has 0 fully saturated rings. The first-order chi connectivity index (χ1) is 6.16. The van der Waals surface area contributed by atoms with Gasteiger partial charge in [-0.3, -0.25) is 4.79 Å². The van der Waals surface area contributed by atoms with Crippen LogP contribution in [-0.2, 0) is 4.79 Å². The highest BCUT2D eigenvalue weighted by Gasteiger charge is 2.17. The predicted molar refractivity (Wildman–Crippen MR) is 49.9 cm³/mol. The van der Waals surface area contributed by atoms with Gasteiger partial charge < -0.3 is 15.2 Å². The van der Waals surface area contributed by atoms with Gasteiger partial charge in [0, 0.05) is 12.1 Å². The molecule has 0 unspecified atom stereocenters. The Morgan fingerprint density at radius 1 is 1.54 bits per heavy atom. The Morgan fingerprint density at radius 3 is 3.08 bits per heavy atom. The Bertz CT molecular complexity index is 378. The van der Waals surface area contributed by atoms with Crippen molar-refractivity contribution in [3.05, 3.63) is 16.6 Å². The van der Waals surface area contributed by atoms with Crippen molar-refractivity contribution in [2.24, 2.45) is 0 Å². The third-order valence-corrected chi connectivity index (χ3v) is 2.32. The maximum absolute atomic E-state index is 10.9. The molecule has 13 heavy (non-hydrogen) atoms. The minimum absolute atomic E-state index is 0.0181. The number of phenols is 1. The van der Waals surface area contributed by atoms with E-state index in [1.165, 1.54) is 6.07 Å². The van der Waals surface area contributed by atoms with Crippen LogP contribution in [0.5, 0.6) is 11.5 Å². The normalized spacial score (nSPS) is 14.4. The fourth-order valence-electron chi connectivity index (χ4n) is 1.09. The summed E-state index contributed by atoms with van der Waals surface area (Å²) in [6.45, 7) is 0.0181. The van der Waals surface area contributed by atoms with E-state index in [1.54, 1.807) is 6.07 Å². The summed E-state index contributed by atoms with van der Waals surface area (Å²) < 4.78 is 5.66. The Balaban J connectivity index is 2.49. The maximum Gasteiger partial charge on any atom is 0.262 e. The number of aromatic hydroxyl groups is 1. The molecule has 1 heterocycles. The molecule has 2 rings (SSSR count). The van der Waals surface area contributed by atoms with Crippen molar-refractivity contribution in [1.29, 1.82) is 0 Å². The van der Waals surface area contributed by atoms with Gasteiger partial charge in [-0.05, 0) is 15.9 Å². The molecule has 0 aliphatic carbocycles. The number of anilines is 1. The Hall–Kier alpha value is -1.23. The molecular weight excluding hydrogens is 238 g/mol. The van der Waals surface area contributed by atoms with Gasteiger partial charge in [0.2, 0.25) is 0 Å². The fraction of sp³-hybridized carbons (Fsp3) is 0.125. The van der Waals surface area contributed by atoms with Gasteiger partial charge >= 0.3 is 0 Å². The zero-order valence-corrected chi connectivity index (χ0v) is 8.09. The van der Waals surface area contributed by atoms with Crippen LogP contribution < -0.4 is 10.1 Å². The van der Waals surface area contributed by atoms with Crippen LogP contribution in [0.3, 0.4) is 0 Å². The van der Waals surface area contributed by atoms with Gasteiger partial charge in [-0.25, -0.2) is 0 Å². The highest BCUT2D eigenvalue weighted by Crippen LogP contribution is 2.36. The summed E-state index contributed by atoms with van der Waals surface area (Å²) in [5.41, 5.74) is 0.497. The first-order valence-corrected chi connectivity index (χ1v) is 4.41. The molecule has 1 amide bonds. The van der Waals surface area contributed by atoms with Gasteiger partial charge in [-0.15, -0.1) is 0 Å². The molecule has 0 aromatic heterocycles. The van der Waals surface area contributed by atoms with Gasteiger partial charge in [-0.1, -0.05) is 0 Å². The lowest BCUT2D eigenvalue weighted by atomic mass is 10.2. The lowest BCUT2D eigenvalue weighted by Crippen LogP contribution is -2.25. The number of nitrogens with one attached hydrogen (secondary N) is 1. The molecule has 0 saturated carbocycles. The van der Waals surface area contributed by atoms with E-state index >= 15 is 0 Å². The van der Waals surface area contributed by atoms with Crippen LogP contribution in [0.2, 0.25) is 0 Å². The molecule has 1 aromatic carbocycles. The van der Waals surface area contributed by atoms with E-state index in [-0.39, 0.29) is 18.3 Å². The number of rotatable bonds is 0. The van der Waals surface area contributed by atoms with Crippen molar-refractivity contribution < 1.29 is 14.6 Å². The molecule has 68 valence electrons. The fourth-order valence-corrected chi connectivity index (χ4v) is 1.41. The molecule has 0 bridgehead atoms. The molecule has 0 atom stereocenters. The Morgan fingerprint density at radius 2 is 2.31 bits per heavy atom. The molecular formula is C8H6BrNO3. The van der Waals surface area contributed by atoms with E-state index in [1.807, 2.05) is 0 Å². The molecule has 1 aliphatic rings. The number of hydrogen-bond donors (Lipinski definition) is 2. The van der Waals surface area contributed by atoms with E-state index in [0.29, 0.717) is 15.9 Å². The number of carbonyl (C=O) groups excluding carboxylic acids is 1. The summed E-state index contributed by atoms with van der Waals surface area (Å²) in [7, 11) is 0. The van der Waals surface area contributed by atoms with E-state index in [4.69, 9.17) is 4.74 Å². The first-order valence-electron chi connectivity index (χ1n) is 3.62. The number of fused-ring (bicyclic) bond motifs is 1. The number of ether oxygens (including phenoxy) is 1. The summed E-state index contributed by atoms with van der Waals surface area (Å²) in [5.74, 6) is 0.419. The Kier molecular flexibility index (Phi) is 1.88. The van der Waals surface area contributed by atoms with Crippen molar-refractivity contribution in [3.8, 4) is 11.5 Å². The number of phenolic OH excluding ortho intramolecular Hbond substituents is 1. The van der Waals surface area contributed by atoms with Crippen molar-refractivity contribution in [1.82, 2.24) is 0 Å². The van der Waals surface area contributed by atoms with Crippen LogP contribution in [0.4, 0.5) is 5.69 Å². The number of carbonyl (C=O) groups is 1. The summed E-state index contributed by atoms with van der Waals surface area (Å²) in [5, 5.41) is 11.9. The minimum Gasteiger partial charge on any atom is -0.507 e. The quantitative estimate of drug-likeness (QED) is 0.726. The molecule has 0 radical (unpaired) electrons. The minimum atomic E-state index is -0.214. The summed E-state index contributed by atoms with van der Waals surface area (Å²) in [6.07, 6.45) is 0. The van der Waals surface area contributed by atoms with Crippen LogP contribution in [0.15, 0.2) is 16.6 Å². The zero-order valence-electron chi connectivity index (χ0n) is 6.50. The van der Waals surface area contributed by atoms with E-state index in [9.17, 15) is 9.90 Å². The van der Waals surface area contributed by atoms with Gasteiger partial charge in [0.1, 0.15) is 11.5 Å². The topological polar surface area (TPSA) is 58.6 Å². The second-order valence-corrected chi connectivity index (χ2v) is 3.49. The first kappa shape index (κ1) is 8.37. The number of halogens is 1. The van der Waals surface area contributed by atoms with Gasteiger partial charge in [-0.2, -0.15) is 0 Å². The predicted octanol–water partition coefficient (Wildman–Crippen LogP) is 1.49. The third-order valence-electron chi connectivity index (χ3n) is 1.68. The van der Waals surface area contributed by atoms with Gasteiger partial charge in [0.15, 0.2) is 6.61 Å². The molecule has 4 nitrogen and oxygen atoms in total. The highest BCUT2D eigenvalue weighted by molar-refractivity contribution is 9.10. The van der Waals surface area contributed by atoms with Crippen LogP contribution in [-0.4, -0.2) is 17.6 Å². The van der Waals surface area contributed by atoms with Crippen molar-refractivity contribution >= 4 is 27.5 Å². The summed E-state index contributed by atoms with van der Waals surface area (Å²) in [6, 6.07) is 3.06. The average molecular weight is 244 g/mol. The molecule has 5 heteroatoms. The molecule has 1 aliphatic heterocycles. The van der Waals surface area contributed by atoms with Crippen molar-refractivity contribution in [3.63, 3.8) is 0 Å². The van der Waals surface area contributed by atoms with E-state index in [0.717, 1.165) is 0 Å². The van der Waals surface area contributed by atoms with Crippen LogP contribution in [0.1, 0.15) is 0 Å². The number of hydrogen-bond acceptors (Lipinski definition) is 3. The SMILES string of the molecule is O=C1COc2cc(Br)c(O)cc2N1. The molecule has 1 aromatic rings. The van der Waals surface area contributed by atoms with Crippen LogP contribution >= 0.6 is 15.9 Å². The van der Waals surface area contributed by atoms with Gasteiger partial charge in [0.25, 0.3) is 5.91 Å². The van der Waals surface area contributed by atoms with Crippen LogP contribution in [0, 0.1) is 0 Å². The lowest BCUT2D eigenvalue weighted by Gasteiger charge is -2.18. The summed E-state index contributed by atoms with van der Waals surface area (Å²) >= 11 is 3.15. The lowest BCUT2D eigenvalue weighted by molar-refractivity contribution is -0.118. The van der Waals surface area contributed by atoms with E-state index in [2.05, 4.69) is 21.2 Å². The second-order valence-electron chi connectivity index (χ2n) is 2.64. The standard InChI is InChI=1S/C8H6BrNO3/c9-4-1-7-5(2-6(4)11)10-8(12)3-13-7/h1-2,11H,3H2,(H,10,12). The third kappa shape index (κ3) is 1.47. The number of benzene rings is 1. The smallest absolute Gasteiger partial charge is 0.262 e. The van der Waals surface area contributed by atoms with Crippen molar-refractivity contribution in [2.75, 3.05) is 11.9 Å². The van der Waals surface area contributed by atoms with Crippen LogP contribution in [0.25, 0.3) is 0 Å². The summed E-state index contributed by atoms with van der Waals surface area (Å²) in [4.78, 5) is 10.9. The Labute approximate surface area is 82.6 Å². The van der Waals surface area contributed by atoms with Crippen molar-refractivity contribution in [2.45, 2.75) is 0 Å². The second kappa shape index (κ2) is 2.92. The molecule has 0 spiro atoms. The largest absolute Gasteiger partial charge is 0.507 e. The monoisotopic (exact) mass is 243 g/mol. The van der Waals surface area contributed by atoms with E-state index < -0.39 is 0 Å². The zero-order chi connectivity index (χ0) is 9.42. The molecule has 0 saturated heterocycles. The maximum atomic E-state index is 10.9. The average Bonchev–Trinajstić information content (AvgIpc) is 2.08. The van der Waals surface area contributed by atoms with Gasteiger partial charge in [0.05, 0.1) is 10.2 Å². The molecule has 2 N–H and O–H groups in total. The number of amides is 1.